The van der Waals surface area contributed by atoms with Crippen molar-refractivity contribution in [3.8, 4) is 0 Å². The Morgan fingerprint density at radius 2 is 2.05 bits per heavy atom. The summed E-state index contributed by atoms with van der Waals surface area (Å²) in [6.45, 7) is 1.17. The summed E-state index contributed by atoms with van der Waals surface area (Å²) in [4.78, 5) is 0.351. The Balaban J connectivity index is 2.09. The first-order chi connectivity index (χ1) is 9.92. The fraction of sp³-hybridized carbons (Fsp3) is 0.714. The molecule has 0 aliphatic heterocycles. The van der Waals surface area contributed by atoms with Crippen LogP contribution in [0.1, 0.15) is 31.4 Å². The number of nitrogens with one attached hydrogen (secondary N) is 2. The van der Waals surface area contributed by atoms with Crippen molar-refractivity contribution < 1.29 is 8.42 Å². The molecule has 1 heterocycles. The van der Waals surface area contributed by atoms with Crippen LogP contribution in [0.5, 0.6) is 0 Å². The Morgan fingerprint density at radius 1 is 1.38 bits per heavy atom. The van der Waals surface area contributed by atoms with Crippen molar-refractivity contribution in [3.05, 3.63) is 18.0 Å². The molecule has 1 aromatic heterocycles. The highest BCUT2D eigenvalue weighted by atomic mass is 32.2. The highest BCUT2D eigenvalue weighted by Gasteiger charge is 2.34. The smallest absolute Gasteiger partial charge is 0.242 e. The molecule has 0 amide bonds. The zero-order valence-electron chi connectivity index (χ0n) is 13.0. The van der Waals surface area contributed by atoms with Gasteiger partial charge in [-0.25, -0.2) is 13.1 Å². The molecule has 1 aromatic rings. The standard InChI is InChI=1S/C14H25N3O2S2/c1-15-9-12-8-13(10-17(12)2)21(18,19)16-11-14(20-3)6-4-5-7-14/h8,10,15-16H,4-7,9,11H2,1-3H3. The van der Waals surface area contributed by atoms with Crippen LogP contribution in [0.25, 0.3) is 0 Å². The van der Waals surface area contributed by atoms with E-state index in [9.17, 15) is 8.42 Å². The van der Waals surface area contributed by atoms with Crippen molar-refractivity contribution in [2.45, 2.75) is 41.9 Å². The Labute approximate surface area is 131 Å². The number of sulfonamides is 1. The number of hydrogen-bond acceptors (Lipinski definition) is 4. The van der Waals surface area contributed by atoms with Crippen molar-refractivity contribution in [1.29, 1.82) is 0 Å². The third kappa shape index (κ3) is 3.83. The molecule has 0 spiro atoms. The summed E-state index contributed by atoms with van der Waals surface area (Å²) in [6.07, 6.45) is 8.33. The Kier molecular flexibility index (Phi) is 5.40. The summed E-state index contributed by atoms with van der Waals surface area (Å²) >= 11 is 1.79. The van der Waals surface area contributed by atoms with Crippen LogP contribution in [0.3, 0.4) is 0 Å². The zero-order valence-corrected chi connectivity index (χ0v) is 14.6. The molecule has 7 heteroatoms. The normalized spacial score (nSPS) is 18.2. The number of aryl methyl sites for hydroxylation is 1. The highest BCUT2D eigenvalue weighted by molar-refractivity contribution is 8.00. The minimum Gasteiger partial charge on any atom is -0.352 e. The van der Waals surface area contributed by atoms with E-state index in [2.05, 4.69) is 16.3 Å². The maximum atomic E-state index is 12.5. The first-order valence-electron chi connectivity index (χ1n) is 7.27. The van der Waals surface area contributed by atoms with Gasteiger partial charge in [-0.3, -0.25) is 0 Å². The monoisotopic (exact) mass is 331 g/mol. The SMILES string of the molecule is CNCc1cc(S(=O)(=O)NCC2(SC)CCCC2)cn1C. The van der Waals surface area contributed by atoms with Crippen molar-refractivity contribution in [2.24, 2.45) is 7.05 Å². The van der Waals surface area contributed by atoms with E-state index >= 15 is 0 Å². The van der Waals surface area contributed by atoms with E-state index in [1.807, 2.05) is 18.7 Å². The van der Waals surface area contributed by atoms with E-state index < -0.39 is 10.0 Å². The van der Waals surface area contributed by atoms with Crippen LogP contribution in [-0.2, 0) is 23.6 Å². The van der Waals surface area contributed by atoms with Crippen LogP contribution in [-0.4, -0.2) is 37.6 Å². The van der Waals surface area contributed by atoms with Crippen LogP contribution >= 0.6 is 11.8 Å². The van der Waals surface area contributed by atoms with Gasteiger partial charge < -0.3 is 9.88 Å². The van der Waals surface area contributed by atoms with Crippen LogP contribution < -0.4 is 10.0 Å². The van der Waals surface area contributed by atoms with Gasteiger partial charge in [0.25, 0.3) is 0 Å². The topological polar surface area (TPSA) is 63.1 Å². The third-order valence-corrected chi connectivity index (χ3v) is 7.07. The molecule has 0 saturated heterocycles. The second-order valence-electron chi connectivity index (χ2n) is 5.73. The fourth-order valence-corrected chi connectivity index (χ4v) is 5.09. The number of hydrogen-bond donors (Lipinski definition) is 2. The zero-order chi connectivity index (χ0) is 15.5. The second kappa shape index (κ2) is 6.73. The van der Waals surface area contributed by atoms with Gasteiger partial charge in [-0.1, -0.05) is 12.8 Å². The van der Waals surface area contributed by atoms with Gasteiger partial charge in [-0.2, -0.15) is 11.8 Å². The molecule has 2 rings (SSSR count). The number of thioether (sulfide) groups is 1. The fourth-order valence-electron chi connectivity index (χ4n) is 2.86. The molecule has 1 fully saturated rings. The molecule has 0 atom stereocenters. The molecule has 0 unspecified atom stereocenters. The predicted octanol–water partition coefficient (Wildman–Crippen LogP) is 1.70. The molecular weight excluding hydrogens is 306 g/mol. The van der Waals surface area contributed by atoms with Gasteiger partial charge in [0, 0.05) is 36.8 Å². The summed E-state index contributed by atoms with van der Waals surface area (Å²) in [7, 11) is 0.288. The average Bonchev–Trinajstić information content (AvgIpc) is 3.06. The van der Waals surface area contributed by atoms with E-state index in [4.69, 9.17) is 0 Å². The van der Waals surface area contributed by atoms with E-state index in [0.29, 0.717) is 18.0 Å². The lowest BCUT2D eigenvalue weighted by Crippen LogP contribution is -2.38. The van der Waals surface area contributed by atoms with Crippen molar-refractivity contribution in [2.75, 3.05) is 19.8 Å². The lowest BCUT2D eigenvalue weighted by molar-refractivity contribution is 0.551. The second-order valence-corrected chi connectivity index (χ2v) is 8.77. The average molecular weight is 332 g/mol. The van der Waals surface area contributed by atoms with Crippen LogP contribution in [0.2, 0.25) is 0 Å². The van der Waals surface area contributed by atoms with Gasteiger partial charge in [0.05, 0.1) is 4.90 Å². The van der Waals surface area contributed by atoms with Crippen molar-refractivity contribution >= 4 is 21.8 Å². The van der Waals surface area contributed by atoms with Crippen LogP contribution in [0.15, 0.2) is 17.2 Å². The number of aromatic nitrogens is 1. The lowest BCUT2D eigenvalue weighted by Gasteiger charge is -2.26. The maximum absolute atomic E-state index is 12.5. The third-order valence-electron chi connectivity index (χ3n) is 4.28. The molecule has 5 nitrogen and oxygen atoms in total. The van der Waals surface area contributed by atoms with Crippen LogP contribution in [0, 0.1) is 0 Å². The van der Waals surface area contributed by atoms with Crippen molar-refractivity contribution in [1.82, 2.24) is 14.6 Å². The minimum absolute atomic E-state index is 0.0790. The predicted molar refractivity (Wildman–Crippen MR) is 88.1 cm³/mol. The molecule has 2 N–H and O–H groups in total. The summed E-state index contributed by atoms with van der Waals surface area (Å²) in [6, 6.07) is 1.74. The molecule has 120 valence electrons. The molecular formula is C14H25N3O2S2. The summed E-state index contributed by atoms with van der Waals surface area (Å²) in [5.74, 6) is 0. The minimum atomic E-state index is -3.43. The molecule has 0 bridgehead atoms. The first kappa shape index (κ1) is 16.9. The van der Waals surface area contributed by atoms with E-state index in [1.165, 1.54) is 12.8 Å². The number of rotatable bonds is 7. The Morgan fingerprint density at radius 3 is 2.62 bits per heavy atom. The number of nitrogens with zero attached hydrogens (tertiary/aromatic N) is 1. The summed E-state index contributed by atoms with van der Waals surface area (Å²) < 4.78 is 29.7. The van der Waals surface area contributed by atoms with Crippen LogP contribution in [0.4, 0.5) is 0 Å². The molecule has 1 aliphatic carbocycles. The Bertz CT molecular complexity index is 575. The molecule has 0 radical (unpaired) electrons. The lowest BCUT2D eigenvalue weighted by atomic mass is 10.1. The summed E-state index contributed by atoms with van der Waals surface area (Å²) in [5.41, 5.74) is 0.957. The van der Waals surface area contributed by atoms with E-state index in [1.54, 1.807) is 24.0 Å². The van der Waals surface area contributed by atoms with Gasteiger partial charge in [0.2, 0.25) is 10.0 Å². The summed E-state index contributed by atoms with van der Waals surface area (Å²) in [5, 5.41) is 3.04. The Hall–Kier alpha value is -0.500. The highest BCUT2D eigenvalue weighted by Crippen LogP contribution is 2.39. The molecule has 0 aromatic carbocycles. The maximum Gasteiger partial charge on any atom is 0.242 e. The van der Waals surface area contributed by atoms with E-state index in [0.717, 1.165) is 18.5 Å². The van der Waals surface area contributed by atoms with Crippen molar-refractivity contribution in [3.63, 3.8) is 0 Å². The van der Waals surface area contributed by atoms with Gasteiger partial charge in [0.15, 0.2) is 0 Å². The molecule has 1 saturated carbocycles. The van der Waals surface area contributed by atoms with Gasteiger partial charge >= 0.3 is 0 Å². The van der Waals surface area contributed by atoms with Gasteiger partial charge in [0.1, 0.15) is 0 Å². The van der Waals surface area contributed by atoms with E-state index in [-0.39, 0.29) is 4.75 Å². The molecule has 1 aliphatic rings. The largest absolute Gasteiger partial charge is 0.352 e. The van der Waals surface area contributed by atoms with Gasteiger partial charge in [-0.15, -0.1) is 0 Å². The first-order valence-corrected chi connectivity index (χ1v) is 9.98. The van der Waals surface area contributed by atoms with Gasteiger partial charge in [-0.05, 0) is 32.2 Å². The quantitative estimate of drug-likeness (QED) is 0.798. The molecule has 21 heavy (non-hydrogen) atoms.